The van der Waals surface area contributed by atoms with Gasteiger partial charge in [-0.15, -0.1) is 0 Å². The monoisotopic (exact) mass is 321 g/mol. The lowest BCUT2D eigenvalue weighted by molar-refractivity contribution is 0.0686. The molecule has 0 aliphatic carbocycles. The molecule has 19 heavy (non-hydrogen) atoms. The summed E-state index contributed by atoms with van der Waals surface area (Å²) in [7, 11) is 1.83. The molecule has 0 saturated carbocycles. The summed E-state index contributed by atoms with van der Waals surface area (Å²) in [6.07, 6.45) is 0. The van der Waals surface area contributed by atoms with Crippen molar-refractivity contribution >= 4 is 32.8 Å². The van der Waals surface area contributed by atoms with Crippen molar-refractivity contribution < 1.29 is 14.4 Å². The van der Waals surface area contributed by atoms with E-state index in [0.29, 0.717) is 10.4 Å². The minimum absolute atomic E-state index is 0.119. The van der Waals surface area contributed by atoms with Crippen molar-refractivity contribution in [2.75, 3.05) is 0 Å². The van der Waals surface area contributed by atoms with Gasteiger partial charge >= 0.3 is 5.97 Å². The van der Waals surface area contributed by atoms with Gasteiger partial charge in [0.2, 0.25) is 0 Å². The van der Waals surface area contributed by atoms with Gasteiger partial charge in [-0.25, -0.2) is 4.79 Å². The van der Waals surface area contributed by atoms with Crippen LogP contribution in [0.3, 0.4) is 0 Å². The molecule has 0 radical (unpaired) electrons. The van der Waals surface area contributed by atoms with E-state index in [1.54, 1.807) is 4.68 Å². The minimum Gasteiger partial charge on any atom is -0.476 e. The fraction of sp³-hybridized carbons (Fsp3) is 0.0833. The number of hydrogen-bond donors (Lipinski definition) is 1. The van der Waals surface area contributed by atoms with E-state index in [9.17, 15) is 4.79 Å². The summed E-state index contributed by atoms with van der Waals surface area (Å²) >= 11 is 3.39. The van der Waals surface area contributed by atoms with Crippen LogP contribution in [0.15, 0.2) is 33.4 Å². The zero-order valence-corrected chi connectivity index (χ0v) is 11.4. The first kappa shape index (κ1) is 11.9. The maximum absolute atomic E-state index is 10.8. The highest BCUT2D eigenvalue weighted by molar-refractivity contribution is 9.10. The van der Waals surface area contributed by atoms with Crippen molar-refractivity contribution in [2.45, 2.75) is 0 Å². The average Bonchev–Trinajstić information content (AvgIpc) is 2.96. The van der Waals surface area contributed by atoms with E-state index in [0.717, 1.165) is 16.5 Å². The van der Waals surface area contributed by atoms with E-state index in [1.807, 2.05) is 25.2 Å². The molecule has 96 valence electrons. The second-order valence-electron chi connectivity index (χ2n) is 4.00. The summed E-state index contributed by atoms with van der Waals surface area (Å²) < 4.78 is 7.50. The summed E-state index contributed by atoms with van der Waals surface area (Å²) in [6, 6.07) is 7.01. The Morgan fingerprint density at radius 3 is 2.95 bits per heavy atom. The van der Waals surface area contributed by atoms with Crippen molar-refractivity contribution in [3.63, 3.8) is 0 Å². The minimum atomic E-state index is -1.12. The molecule has 1 N–H and O–H groups in total. The fourth-order valence-electron chi connectivity index (χ4n) is 1.97. The van der Waals surface area contributed by atoms with Gasteiger partial charge in [0, 0.05) is 24.1 Å². The lowest BCUT2D eigenvalue weighted by Crippen LogP contribution is -1.94. The maximum Gasteiger partial charge on any atom is 0.358 e. The Balaban J connectivity index is 2.27. The quantitative estimate of drug-likeness (QED) is 0.784. The molecule has 0 saturated heterocycles. The van der Waals surface area contributed by atoms with E-state index < -0.39 is 5.97 Å². The molecular formula is C12H8BrN3O3. The number of carboxylic acids is 1. The number of hydrogen-bond acceptors (Lipinski definition) is 4. The summed E-state index contributed by atoms with van der Waals surface area (Å²) in [5.74, 6) is -0.718. The number of aromatic nitrogens is 3. The third kappa shape index (κ3) is 1.82. The zero-order valence-electron chi connectivity index (χ0n) is 9.79. The Morgan fingerprint density at radius 1 is 1.47 bits per heavy atom. The van der Waals surface area contributed by atoms with E-state index >= 15 is 0 Å². The molecule has 0 unspecified atom stereocenters. The van der Waals surface area contributed by atoms with Gasteiger partial charge in [-0.1, -0.05) is 17.3 Å². The van der Waals surface area contributed by atoms with Gasteiger partial charge in [0.05, 0.1) is 5.52 Å². The van der Waals surface area contributed by atoms with Gasteiger partial charge < -0.3 is 9.63 Å². The Hall–Kier alpha value is -2.15. The molecule has 3 rings (SSSR count). The molecule has 0 fully saturated rings. The second kappa shape index (κ2) is 4.20. The predicted octanol–water partition coefficient (Wildman–Crippen LogP) is 2.69. The van der Waals surface area contributed by atoms with Crippen LogP contribution in [0.25, 0.3) is 22.2 Å². The fourth-order valence-corrected chi connectivity index (χ4v) is 2.63. The lowest BCUT2D eigenvalue weighted by atomic mass is 10.1. The van der Waals surface area contributed by atoms with E-state index in [4.69, 9.17) is 9.63 Å². The maximum atomic E-state index is 10.8. The molecule has 2 aromatic heterocycles. The van der Waals surface area contributed by atoms with Gasteiger partial charge in [-0.05, 0) is 22.0 Å². The Kier molecular flexibility index (Phi) is 2.63. The van der Waals surface area contributed by atoms with Crippen LogP contribution in [-0.2, 0) is 7.05 Å². The van der Waals surface area contributed by atoms with Crippen LogP contribution >= 0.6 is 15.9 Å². The number of carboxylic acid groups (broad SMARTS) is 1. The largest absolute Gasteiger partial charge is 0.476 e. The SMILES string of the molecule is Cn1nc(Br)c2c(-c3cc(C(=O)O)no3)cccc21. The highest BCUT2D eigenvalue weighted by Crippen LogP contribution is 2.33. The highest BCUT2D eigenvalue weighted by Gasteiger charge is 2.17. The highest BCUT2D eigenvalue weighted by atomic mass is 79.9. The standard InChI is InChI=1S/C12H8BrN3O3/c1-16-8-4-2-3-6(10(8)11(13)14-16)9-5-7(12(17)18)15-19-9/h2-5H,1H3,(H,17,18). The number of carbonyl (C=O) groups is 1. The van der Waals surface area contributed by atoms with Gasteiger partial charge in [0.15, 0.2) is 11.5 Å². The van der Waals surface area contributed by atoms with Crippen LogP contribution in [-0.4, -0.2) is 26.0 Å². The predicted molar refractivity (Wildman–Crippen MR) is 70.9 cm³/mol. The molecule has 6 nitrogen and oxygen atoms in total. The van der Waals surface area contributed by atoms with Gasteiger partial charge in [-0.2, -0.15) is 5.10 Å². The summed E-state index contributed by atoms with van der Waals surface area (Å²) in [5.41, 5.74) is 1.54. The van der Waals surface area contributed by atoms with E-state index in [2.05, 4.69) is 26.2 Å². The molecule has 3 aromatic rings. The van der Waals surface area contributed by atoms with Gasteiger partial charge in [-0.3, -0.25) is 4.68 Å². The zero-order chi connectivity index (χ0) is 13.6. The topological polar surface area (TPSA) is 81.2 Å². The smallest absolute Gasteiger partial charge is 0.358 e. The molecule has 1 aromatic carbocycles. The van der Waals surface area contributed by atoms with Crippen LogP contribution < -0.4 is 0 Å². The van der Waals surface area contributed by atoms with Crippen molar-refractivity contribution in [2.24, 2.45) is 7.05 Å². The third-order valence-electron chi connectivity index (χ3n) is 2.83. The molecule has 0 amide bonds. The first-order valence-corrected chi connectivity index (χ1v) is 6.19. The van der Waals surface area contributed by atoms with E-state index in [-0.39, 0.29) is 5.69 Å². The third-order valence-corrected chi connectivity index (χ3v) is 3.39. The molecule has 0 aliphatic heterocycles. The number of aryl methyl sites for hydroxylation is 1. The summed E-state index contributed by atoms with van der Waals surface area (Å²) in [5, 5.41) is 17.5. The molecule has 0 atom stereocenters. The first-order chi connectivity index (χ1) is 9.08. The molecular weight excluding hydrogens is 314 g/mol. The Labute approximate surface area is 115 Å². The summed E-state index contributed by atoms with van der Waals surface area (Å²) in [6.45, 7) is 0. The number of aromatic carboxylic acids is 1. The molecule has 0 bridgehead atoms. The van der Waals surface area contributed by atoms with Gasteiger partial charge in [0.25, 0.3) is 0 Å². The number of nitrogens with zero attached hydrogens (tertiary/aromatic N) is 3. The average molecular weight is 322 g/mol. The van der Waals surface area contributed by atoms with Crippen molar-refractivity contribution in [1.29, 1.82) is 0 Å². The normalized spacial score (nSPS) is 11.1. The van der Waals surface area contributed by atoms with Gasteiger partial charge in [0.1, 0.15) is 4.60 Å². The second-order valence-corrected chi connectivity index (χ2v) is 4.75. The molecule has 0 spiro atoms. The molecule has 2 heterocycles. The first-order valence-electron chi connectivity index (χ1n) is 5.39. The number of benzene rings is 1. The van der Waals surface area contributed by atoms with Crippen LogP contribution in [0, 0.1) is 0 Å². The number of halogens is 1. The van der Waals surface area contributed by atoms with Crippen molar-refractivity contribution in [3.8, 4) is 11.3 Å². The van der Waals surface area contributed by atoms with E-state index in [1.165, 1.54) is 6.07 Å². The Morgan fingerprint density at radius 2 is 2.26 bits per heavy atom. The van der Waals surface area contributed by atoms with Crippen LogP contribution in [0.1, 0.15) is 10.5 Å². The Bertz CT molecular complexity index is 791. The van der Waals surface area contributed by atoms with Crippen LogP contribution in [0.2, 0.25) is 0 Å². The lowest BCUT2D eigenvalue weighted by Gasteiger charge is -1.99. The van der Waals surface area contributed by atoms with Crippen molar-refractivity contribution in [1.82, 2.24) is 14.9 Å². The molecule has 0 aliphatic rings. The number of rotatable bonds is 2. The molecule has 7 heteroatoms. The number of fused-ring (bicyclic) bond motifs is 1. The van der Waals surface area contributed by atoms with Crippen molar-refractivity contribution in [3.05, 3.63) is 34.6 Å². The van der Waals surface area contributed by atoms with Crippen LogP contribution in [0.5, 0.6) is 0 Å². The summed E-state index contributed by atoms with van der Waals surface area (Å²) in [4.78, 5) is 10.8. The van der Waals surface area contributed by atoms with Crippen LogP contribution in [0.4, 0.5) is 0 Å².